The summed E-state index contributed by atoms with van der Waals surface area (Å²) < 4.78 is 34.0. The molecule has 28 heavy (non-hydrogen) atoms. The van der Waals surface area contributed by atoms with Crippen molar-refractivity contribution in [3.8, 4) is 5.75 Å². The maximum atomic E-state index is 12.9. The van der Waals surface area contributed by atoms with Crippen LogP contribution in [0.15, 0.2) is 23.1 Å². The molecule has 0 saturated carbocycles. The molecule has 0 fully saturated rings. The highest BCUT2D eigenvalue weighted by molar-refractivity contribution is 7.93. The van der Waals surface area contributed by atoms with Crippen molar-refractivity contribution in [3.05, 3.63) is 34.2 Å². The third-order valence-corrected chi connectivity index (χ3v) is 7.14. The summed E-state index contributed by atoms with van der Waals surface area (Å²) in [6.45, 7) is 7.07. The zero-order chi connectivity index (χ0) is 20.8. The SMILES string of the molecule is CC(=O)N1CC(C)Oc2ccc(S(=O)(=O)Nc3sc(C)c(C)c3C(N)=O)cc21. The first-order chi connectivity index (χ1) is 13.0. The van der Waals surface area contributed by atoms with Gasteiger partial charge in [0.15, 0.2) is 0 Å². The molecule has 150 valence electrons. The van der Waals surface area contributed by atoms with Crippen molar-refractivity contribution in [2.75, 3.05) is 16.2 Å². The quantitative estimate of drug-likeness (QED) is 0.783. The minimum atomic E-state index is -4.01. The van der Waals surface area contributed by atoms with Gasteiger partial charge < -0.3 is 15.4 Å². The molecule has 2 aromatic rings. The molecule has 8 nitrogen and oxygen atoms in total. The van der Waals surface area contributed by atoms with Crippen molar-refractivity contribution >= 4 is 43.9 Å². The molecule has 10 heteroatoms. The minimum absolute atomic E-state index is 0.0465. The predicted octanol–water partition coefficient (Wildman–Crippen LogP) is 2.40. The summed E-state index contributed by atoms with van der Waals surface area (Å²) in [6, 6.07) is 4.31. The summed E-state index contributed by atoms with van der Waals surface area (Å²) in [6.07, 6.45) is -0.202. The fourth-order valence-electron chi connectivity index (χ4n) is 3.06. The zero-order valence-corrected chi connectivity index (χ0v) is 17.5. The lowest BCUT2D eigenvalue weighted by molar-refractivity contribution is -0.117. The molecule has 1 aliphatic rings. The number of nitrogens with one attached hydrogen (secondary N) is 1. The van der Waals surface area contributed by atoms with Gasteiger partial charge in [0.1, 0.15) is 16.9 Å². The Bertz CT molecular complexity index is 1080. The number of carbonyl (C=O) groups excluding carboxylic acids is 2. The Morgan fingerprint density at radius 3 is 2.61 bits per heavy atom. The van der Waals surface area contributed by atoms with Crippen molar-refractivity contribution in [2.45, 2.75) is 38.7 Å². The number of nitrogens with zero attached hydrogens (tertiary/aromatic N) is 1. The highest BCUT2D eigenvalue weighted by Gasteiger charge is 2.29. The van der Waals surface area contributed by atoms with Crippen LogP contribution in [0.4, 0.5) is 10.7 Å². The van der Waals surface area contributed by atoms with Gasteiger partial charge in [-0.3, -0.25) is 14.3 Å². The third kappa shape index (κ3) is 3.57. The number of thiophene rings is 1. The van der Waals surface area contributed by atoms with E-state index in [1.807, 2.05) is 6.92 Å². The highest BCUT2D eigenvalue weighted by atomic mass is 32.2. The number of hydrogen-bond acceptors (Lipinski definition) is 6. The number of nitrogens with two attached hydrogens (primary N) is 1. The summed E-state index contributed by atoms with van der Waals surface area (Å²) >= 11 is 1.15. The van der Waals surface area contributed by atoms with E-state index in [0.717, 1.165) is 16.2 Å². The van der Waals surface area contributed by atoms with Crippen molar-refractivity contribution < 1.29 is 22.7 Å². The molecule has 2 heterocycles. The number of primary amides is 1. The molecule has 0 saturated heterocycles. The van der Waals surface area contributed by atoms with Gasteiger partial charge in [-0.1, -0.05) is 0 Å². The van der Waals surface area contributed by atoms with Gasteiger partial charge >= 0.3 is 0 Å². The third-order valence-electron chi connectivity index (χ3n) is 4.54. The number of aryl methyl sites for hydroxylation is 1. The molecule has 0 spiro atoms. The molecule has 1 atom stereocenters. The number of fused-ring (bicyclic) bond motifs is 1. The Labute approximate surface area is 167 Å². The molecule has 1 unspecified atom stereocenters. The number of carbonyl (C=O) groups is 2. The molecule has 1 aromatic heterocycles. The van der Waals surface area contributed by atoms with E-state index < -0.39 is 15.9 Å². The maximum Gasteiger partial charge on any atom is 0.262 e. The second-order valence-corrected chi connectivity index (χ2v) is 9.55. The van der Waals surface area contributed by atoms with E-state index in [1.54, 1.807) is 13.8 Å². The Hall–Kier alpha value is -2.59. The summed E-state index contributed by atoms with van der Waals surface area (Å²) in [5.41, 5.74) is 6.61. The predicted molar refractivity (Wildman–Crippen MR) is 108 cm³/mol. The van der Waals surface area contributed by atoms with Crippen LogP contribution in [0.25, 0.3) is 0 Å². The molecule has 0 bridgehead atoms. The van der Waals surface area contributed by atoms with E-state index in [0.29, 0.717) is 23.5 Å². The number of amides is 2. The van der Waals surface area contributed by atoms with Gasteiger partial charge in [0, 0.05) is 11.8 Å². The molecular formula is C18H21N3O5S2. The standard InChI is InChI=1S/C18H21N3O5S2/c1-9-8-21(12(4)22)14-7-13(5-6-15(14)26-9)28(24,25)20-18-16(17(19)23)10(2)11(3)27-18/h5-7,9,20H,8H2,1-4H3,(H2,19,23). The van der Waals surface area contributed by atoms with Crippen molar-refractivity contribution in [3.63, 3.8) is 0 Å². The van der Waals surface area contributed by atoms with Gasteiger partial charge in [-0.15, -0.1) is 11.3 Å². The van der Waals surface area contributed by atoms with Crippen LogP contribution in [-0.2, 0) is 14.8 Å². The summed E-state index contributed by atoms with van der Waals surface area (Å²) in [7, 11) is -4.01. The zero-order valence-electron chi connectivity index (χ0n) is 15.9. The largest absolute Gasteiger partial charge is 0.487 e. The lowest BCUT2D eigenvalue weighted by Gasteiger charge is -2.33. The van der Waals surface area contributed by atoms with Crippen LogP contribution in [0.5, 0.6) is 5.75 Å². The van der Waals surface area contributed by atoms with E-state index in [4.69, 9.17) is 10.5 Å². The minimum Gasteiger partial charge on any atom is -0.487 e. The van der Waals surface area contributed by atoms with Gasteiger partial charge in [0.25, 0.3) is 15.9 Å². The highest BCUT2D eigenvalue weighted by Crippen LogP contribution is 2.37. The molecule has 2 amide bonds. The van der Waals surface area contributed by atoms with Gasteiger partial charge in [-0.25, -0.2) is 8.42 Å². The maximum absolute atomic E-state index is 12.9. The molecule has 0 aliphatic carbocycles. The number of benzene rings is 1. The lowest BCUT2D eigenvalue weighted by Crippen LogP contribution is -2.41. The average molecular weight is 424 g/mol. The molecule has 3 N–H and O–H groups in total. The Balaban J connectivity index is 2.03. The monoisotopic (exact) mass is 423 g/mol. The van der Waals surface area contributed by atoms with Crippen LogP contribution in [0.3, 0.4) is 0 Å². The van der Waals surface area contributed by atoms with Crippen LogP contribution in [0, 0.1) is 13.8 Å². The fourth-order valence-corrected chi connectivity index (χ4v) is 5.45. The van der Waals surface area contributed by atoms with Crippen molar-refractivity contribution in [1.29, 1.82) is 0 Å². The fraction of sp³-hybridized carbons (Fsp3) is 0.333. The van der Waals surface area contributed by atoms with E-state index in [9.17, 15) is 18.0 Å². The van der Waals surface area contributed by atoms with Gasteiger partial charge in [-0.2, -0.15) is 0 Å². The number of rotatable bonds is 4. The van der Waals surface area contributed by atoms with Crippen molar-refractivity contribution in [1.82, 2.24) is 0 Å². The summed E-state index contributed by atoms with van der Waals surface area (Å²) in [5, 5.41) is 0.175. The van der Waals surface area contributed by atoms with Crippen LogP contribution in [0.2, 0.25) is 0 Å². The van der Waals surface area contributed by atoms with E-state index in [2.05, 4.69) is 4.72 Å². The number of anilines is 2. The van der Waals surface area contributed by atoms with E-state index in [-0.39, 0.29) is 27.5 Å². The molecule has 0 radical (unpaired) electrons. The molecular weight excluding hydrogens is 402 g/mol. The van der Waals surface area contributed by atoms with E-state index in [1.165, 1.54) is 30.0 Å². The van der Waals surface area contributed by atoms with Crippen molar-refractivity contribution in [2.24, 2.45) is 5.73 Å². The first-order valence-electron chi connectivity index (χ1n) is 8.52. The smallest absolute Gasteiger partial charge is 0.262 e. The lowest BCUT2D eigenvalue weighted by atomic mass is 10.1. The Morgan fingerprint density at radius 1 is 1.32 bits per heavy atom. The van der Waals surface area contributed by atoms with E-state index >= 15 is 0 Å². The second kappa shape index (κ2) is 7.10. The normalized spacial score (nSPS) is 16.3. The Kier molecular flexibility index (Phi) is 5.11. The number of sulfonamides is 1. The van der Waals surface area contributed by atoms with Crippen LogP contribution >= 0.6 is 11.3 Å². The average Bonchev–Trinajstić information content (AvgIpc) is 2.86. The summed E-state index contributed by atoms with van der Waals surface area (Å²) in [5.74, 6) is -0.469. The van der Waals surface area contributed by atoms with Crippen LogP contribution in [-0.4, -0.2) is 32.9 Å². The van der Waals surface area contributed by atoms with Gasteiger partial charge in [-0.05, 0) is 44.5 Å². The van der Waals surface area contributed by atoms with Gasteiger partial charge in [0.2, 0.25) is 5.91 Å². The molecule has 3 rings (SSSR count). The number of ether oxygens (including phenoxy) is 1. The molecule has 1 aliphatic heterocycles. The van der Waals surface area contributed by atoms with Crippen LogP contribution < -0.4 is 20.1 Å². The van der Waals surface area contributed by atoms with Gasteiger partial charge in [0.05, 0.1) is 22.7 Å². The second-order valence-electron chi connectivity index (χ2n) is 6.64. The van der Waals surface area contributed by atoms with Crippen LogP contribution in [0.1, 0.15) is 34.6 Å². The first-order valence-corrected chi connectivity index (χ1v) is 10.8. The summed E-state index contributed by atoms with van der Waals surface area (Å²) in [4.78, 5) is 26.0. The Morgan fingerprint density at radius 2 is 2.00 bits per heavy atom. The topological polar surface area (TPSA) is 119 Å². The molecule has 1 aromatic carbocycles. The number of hydrogen-bond donors (Lipinski definition) is 2. The first kappa shape index (κ1) is 20.2.